The summed E-state index contributed by atoms with van der Waals surface area (Å²) in [6.07, 6.45) is 24.8. The van der Waals surface area contributed by atoms with Crippen molar-refractivity contribution in [3.63, 3.8) is 0 Å². The van der Waals surface area contributed by atoms with Gasteiger partial charge in [0.2, 0.25) is 5.95 Å². The van der Waals surface area contributed by atoms with E-state index in [1.165, 1.54) is 102 Å². The van der Waals surface area contributed by atoms with Gasteiger partial charge in [-0.1, -0.05) is 128 Å². The molecule has 0 amide bonds. The first-order valence-electron chi connectivity index (χ1n) is 14.8. The van der Waals surface area contributed by atoms with Crippen molar-refractivity contribution in [2.75, 3.05) is 0 Å². The molecule has 2 aromatic rings. The molecule has 1 aromatic carbocycles. The summed E-state index contributed by atoms with van der Waals surface area (Å²) in [4.78, 5) is 8.76. The van der Waals surface area contributed by atoms with Gasteiger partial charge in [0.15, 0.2) is 0 Å². The van der Waals surface area contributed by atoms with Crippen LogP contribution in [0.1, 0.15) is 128 Å². The molecule has 0 radical (unpaired) electrons. The van der Waals surface area contributed by atoms with Crippen LogP contribution in [0.25, 0.3) is 11.1 Å². The predicted octanol–water partition coefficient (Wildman–Crippen LogP) is 9.90. The fraction of sp³-hybridized carbons (Fsp3) is 0.688. The summed E-state index contributed by atoms with van der Waals surface area (Å²) in [5.41, 5.74) is 2.72. The number of hydrogen-bond acceptors (Lipinski definition) is 2. The number of aromatic nitrogens is 2. The molecule has 194 valence electrons. The van der Waals surface area contributed by atoms with Crippen LogP contribution < -0.4 is 0 Å². The molecule has 0 aliphatic heterocycles. The maximum atomic E-state index is 14.8. The predicted molar refractivity (Wildman–Crippen MR) is 147 cm³/mol. The molecule has 1 heterocycles. The van der Waals surface area contributed by atoms with Crippen molar-refractivity contribution in [1.29, 1.82) is 0 Å². The summed E-state index contributed by atoms with van der Waals surface area (Å²) >= 11 is 0. The summed E-state index contributed by atoms with van der Waals surface area (Å²) in [5, 5.41) is 0. The monoisotopic (exact) mass is 480 g/mol. The topological polar surface area (TPSA) is 25.8 Å². The van der Waals surface area contributed by atoms with E-state index in [0.717, 1.165) is 36.7 Å². The van der Waals surface area contributed by atoms with Gasteiger partial charge in [-0.05, 0) is 42.2 Å². The van der Waals surface area contributed by atoms with E-state index in [4.69, 9.17) is 0 Å². The number of rotatable bonds is 16. The Labute approximate surface area is 214 Å². The zero-order valence-corrected chi connectivity index (χ0v) is 22.5. The minimum absolute atomic E-state index is 0.380. The van der Waals surface area contributed by atoms with E-state index in [1.54, 1.807) is 6.20 Å². The number of halogens is 1. The number of hydrogen-bond donors (Lipinski definition) is 0. The van der Waals surface area contributed by atoms with Gasteiger partial charge in [-0.2, -0.15) is 4.39 Å². The summed E-state index contributed by atoms with van der Waals surface area (Å²) in [7, 11) is 0. The van der Waals surface area contributed by atoms with Crippen molar-refractivity contribution >= 4 is 0 Å². The second-order valence-corrected chi connectivity index (χ2v) is 11.0. The first kappa shape index (κ1) is 27.8. The molecule has 2 nitrogen and oxygen atoms in total. The van der Waals surface area contributed by atoms with Crippen LogP contribution in [-0.4, -0.2) is 9.97 Å². The average Bonchev–Trinajstić information content (AvgIpc) is 2.88. The van der Waals surface area contributed by atoms with Gasteiger partial charge in [0.05, 0.1) is 5.56 Å². The summed E-state index contributed by atoms with van der Waals surface area (Å²) in [5.74, 6) is 1.97. The maximum Gasteiger partial charge on any atom is 0.224 e. The molecule has 3 rings (SSSR count). The summed E-state index contributed by atoms with van der Waals surface area (Å²) < 4.78 is 14.8. The third-order valence-corrected chi connectivity index (χ3v) is 8.08. The van der Waals surface area contributed by atoms with Gasteiger partial charge in [0, 0.05) is 12.6 Å². The third-order valence-electron chi connectivity index (χ3n) is 8.08. The van der Waals surface area contributed by atoms with Crippen LogP contribution in [0, 0.1) is 17.8 Å². The van der Waals surface area contributed by atoms with Crippen LogP contribution in [0.3, 0.4) is 0 Å². The van der Waals surface area contributed by atoms with E-state index in [2.05, 4.69) is 35.9 Å². The Balaban J connectivity index is 1.39. The molecule has 1 saturated carbocycles. The van der Waals surface area contributed by atoms with E-state index in [1.807, 2.05) is 12.1 Å². The lowest BCUT2D eigenvalue weighted by Crippen LogP contribution is -2.15. The van der Waals surface area contributed by atoms with Gasteiger partial charge in [0.1, 0.15) is 5.82 Å². The zero-order valence-electron chi connectivity index (χ0n) is 22.5. The quantitative estimate of drug-likeness (QED) is 0.176. The van der Waals surface area contributed by atoms with Crippen LogP contribution in [0.4, 0.5) is 4.39 Å². The van der Waals surface area contributed by atoms with Crippen molar-refractivity contribution in [3.05, 3.63) is 47.8 Å². The fourth-order valence-corrected chi connectivity index (χ4v) is 5.67. The molecule has 0 atom stereocenters. The molecular formula is C32H49FN2. The normalized spacial score (nSPS) is 18.1. The van der Waals surface area contributed by atoms with Crippen LogP contribution in [0.5, 0.6) is 0 Å². The standard InChI is InChI=1S/C32H49FN2/c1-3-5-7-8-9-10-12-14-27-19-22-29(23-20-27)30-25-34-31(35-32(30)33)24-21-28-17-15-26(16-18-28)13-11-6-4-2/h19-20,22-23,25-26,28H,3-18,21,24H2,1-2H3. The second kappa shape index (κ2) is 16.1. The van der Waals surface area contributed by atoms with Crippen molar-refractivity contribution in [2.45, 2.75) is 129 Å². The number of benzene rings is 1. The van der Waals surface area contributed by atoms with Crippen LogP contribution >= 0.6 is 0 Å². The minimum Gasteiger partial charge on any atom is -0.241 e. The minimum atomic E-state index is -0.380. The maximum absolute atomic E-state index is 14.8. The lowest BCUT2D eigenvalue weighted by Gasteiger charge is -2.28. The average molecular weight is 481 g/mol. The lowest BCUT2D eigenvalue weighted by atomic mass is 9.78. The Morgan fingerprint density at radius 3 is 1.97 bits per heavy atom. The smallest absolute Gasteiger partial charge is 0.224 e. The highest BCUT2D eigenvalue weighted by molar-refractivity contribution is 5.62. The van der Waals surface area contributed by atoms with Gasteiger partial charge in [-0.15, -0.1) is 0 Å². The van der Waals surface area contributed by atoms with Crippen molar-refractivity contribution < 1.29 is 4.39 Å². The highest BCUT2D eigenvalue weighted by atomic mass is 19.1. The van der Waals surface area contributed by atoms with Crippen LogP contribution in [0.2, 0.25) is 0 Å². The van der Waals surface area contributed by atoms with Gasteiger partial charge >= 0.3 is 0 Å². The molecule has 1 aliphatic rings. The van der Waals surface area contributed by atoms with Gasteiger partial charge < -0.3 is 0 Å². The molecule has 3 heteroatoms. The number of nitrogens with zero attached hydrogens (tertiary/aromatic N) is 2. The lowest BCUT2D eigenvalue weighted by molar-refractivity contribution is 0.248. The Hall–Kier alpha value is -1.77. The van der Waals surface area contributed by atoms with Gasteiger partial charge in [-0.3, -0.25) is 0 Å². The first-order chi connectivity index (χ1) is 17.2. The van der Waals surface area contributed by atoms with Gasteiger partial charge in [-0.25, -0.2) is 9.97 Å². The molecule has 0 N–H and O–H groups in total. The number of unbranched alkanes of at least 4 members (excludes halogenated alkanes) is 8. The molecule has 0 unspecified atom stereocenters. The molecule has 35 heavy (non-hydrogen) atoms. The van der Waals surface area contributed by atoms with E-state index in [0.29, 0.717) is 11.4 Å². The Bertz CT molecular complexity index is 824. The highest BCUT2D eigenvalue weighted by Crippen LogP contribution is 2.34. The molecule has 0 saturated heterocycles. The summed E-state index contributed by atoms with van der Waals surface area (Å²) in [6, 6.07) is 8.32. The largest absolute Gasteiger partial charge is 0.241 e. The summed E-state index contributed by atoms with van der Waals surface area (Å²) in [6.45, 7) is 4.54. The van der Waals surface area contributed by atoms with E-state index in [-0.39, 0.29) is 5.95 Å². The molecule has 0 bridgehead atoms. The molecule has 1 aliphatic carbocycles. The van der Waals surface area contributed by atoms with Crippen molar-refractivity contribution in [3.8, 4) is 11.1 Å². The van der Waals surface area contributed by atoms with Crippen molar-refractivity contribution in [2.24, 2.45) is 11.8 Å². The first-order valence-corrected chi connectivity index (χ1v) is 14.8. The van der Waals surface area contributed by atoms with Crippen LogP contribution in [0.15, 0.2) is 30.5 Å². The SMILES string of the molecule is CCCCCCCCCc1ccc(-c2cnc(CCC3CCC(CCCCC)CC3)nc2F)cc1. The Morgan fingerprint density at radius 1 is 0.714 bits per heavy atom. The van der Waals surface area contributed by atoms with E-state index >= 15 is 0 Å². The molecule has 1 aromatic heterocycles. The third kappa shape index (κ3) is 10.0. The van der Waals surface area contributed by atoms with Crippen molar-refractivity contribution in [1.82, 2.24) is 9.97 Å². The Morgan fingerprint density at radius 2 is 1.31 bits per heavy atom. The molecular weight excluding hydrogens is 431 g/mol. The van der Waals surface area contributed by atoms with Crippen LogP contribution in [-0.2, 0) is 12.8 Å². The van der Waals surface area contributed by atoms with Gasteiger partial charge in [0.25, 0.3) is 0 Å². The molecule has 1 fully saturated rings. The zero-order chi connectivity index (χ0) is 24.7. The number of aryl methyl sites for hydroxylation is 2. The van der Waals surface area contributed by atoms with E-state index in [9.17, 15) is 4.39 Å². The van der Waals surface area contributed by atoms with E-state index < -0.39 is 0 Å². The highest BCUT2D eigenvalue weighted by Gasteiger charge is 2.21. The fourth-order valence-electron chi connectivity index (χ4n) is 5.67. The second-order valence-electron chi connectivity index (χ2n) is 11.0. The Kier molecular flexibility index (Phi) is 12.8. The molecule has 0 spiro atoms.